The van der Waals surface area contributed by atoms with Crippen molar-refractivity contribution in [2.75, 3.05) is 30.8 Å². The molecule has 2 atom stereocenters. The monoisotopic (exact) mass is 494 g/mol. The molecule has 2 aromatic carbocycles. The van der Waals surface area contributed by atoms with Gasteiger partial charge < -0.3 is 20.7 Å². The van der Waals surface area contributed by atoms with E-state index in [1.807, 2.05) is 12.1 Å². The Morgan fingerprint density at radius 1 is 1.24 bits per heavy atom. The summed E-state index contributed by atoms with van der Waals surface area (Å²) in [6.45, 7) is 1.70. The van der Waals surface area contributed by atoms with Crippen LogP contribution in [0.2, 0.25) is 5.02 Å². The van der Waals surface area contributed by atoms with Crippen LogP contribution >= 0.6 is 22.9 Å². The van der Waals surface area contributed by atoms with Crippen molar-refractivity contribution in [2.45, 2.75) is 24.9 Å². The number of anilines is 2. The predicted octanol–water partition coefficient (Wildman–Crippen LogP) is 4.71. The maximum atomic E-state index is 14.6. The third kappa shape index (κ3) is 3.25. The van der Waals surface area contributed by atoms with Gasteiger partial charge in [0.15, 0.2) is 0 Å². The molecule has 2 aliphatic heterocycles. The van der Waals surface area contributed by atoms with Gasteiger partial charge in [0.25, 0.3) is 0 Å². The Morgan fingerprint density at radius 3 is 2.71 bits per heavy atom. The molecule has 0 amide bonds. The summed E-state index contributed by atoms with van der Waals surface area (Å²) >= 11 is 7.87. The molecule has 6 rings (SSSR count). The molecular weight excluding hydrogens is 475 g/mol. The number of halogens is 2. The topological polar surface area (TPSA) is 100 Å². The Balaban J connectivity index is 1.57. The number of hydrogen-bond acceptors (Lipinski definition) is 8. The summed E-state index contributed by atoms with van der Waals surface area (Å²) in [6, 6.07) is 9.96. The molecule has 0 aliphatic carbocycles. The summed E-state index contributed by atoms with van der Waals surface area (Å²) < 4.78 is 20.3. The van der Waals surface area contributed by atoms with Crippen molar-refractivity contribution in [3.05, 3.63) is 40.7 Å². The number of fused-ring (bicyclic) bond motifs is 4. The van der Waals surface area contributed by atoms with Gasteiger partial charge >= 0.3 is 6.01 Å². The first-order valence-electron chi connectivity index (χ1n) is 10.9. The number of rotatable bonds is 3. The Kier molecular flexibility index (Phi) is 4.99. The molecule has 0 saturated carbocycles. The molecule has 2 aromatic heterocycles. The normalized spacial score (nSPS) is 19.6. The number of aromatic nitrogens is 2. The molecule has 2 fully saturated rings. The van der Waals surface area contributed by atoms with Crippen molar-refractivity contribution in [3.63, 3.8) is 0 Å². The third-order valence-electron chi connectivity index (χ3n) is 6.66. The smallest absolute Gasteiger partial charge is 0.318 e. The number of nitrogens with one attached hydrogen (secondary N) is 1. The van der Waals surface area contributed by atoms with E-state index < -0.39 is 5.82 Å². The Hall–Kier alpha value is -3.19. The SMILES string of the molecule is COc1nc(N2CC3CCC(C2)N3)c2cc(Cl)c(-c3ccc(F)c4sc(N)c(C#N)c34)cc2n1. The molecule has 2 unspecified atom stereocenters. The lowest BCUT2D eigenvalue weighted by Gasteiger charge is -2.34. The van der Waals surface area contributed by atoms with Gasteiger partial charge in [-0.05, 0) is 36.6 Å². The number of ether oxygens (including phenoxy) is 1. The third-order valence-corrected chi connectivity index (χ3v) is 8.00. The lowest BCUT2D eigenvalue weighted by molar-refractivity contribution is 0.380. The molecule has 10 heteroatoms. The maximum Gasteiger partial charge on any atom is 0.318 e. The second-order valence-electron chi connectivity index (χ2n) is 8.68. The van der Waals surface area contributed by atoms with E-state index in [1.165, 1.54) is 6.07 Å². The van der Waals surface area contributed by atoms with E-state index in [0.29, 0.717) is 43.8 Å². The van der Waals surface area contributed by atoms with Gasteiger partial charge in [0.2, 0.25) is 0 Å². The van der Waals surface area contributed by atoms with Gasteiger partial charge in [0, 0.05) is 46.5 Å². The number of methoxy groups -OCH3 is 1. The molecule has 7 nitrogen and oxygen atoms in total. The largest absolute Gasteiger partial charge is 0.467 e. The summed E-state index contributed by atoms with van der Waals surface area (Å²) in [5, 5.41) is 15.3. The number of hydrogen-bond donors (Lipinski definition) is 2. The molecule has 0 radical (unpaired) electrons. The van der Waals surface area contributed by atoms with Crippen LogP contribution in [0.3, 0.4) is 0 Å². The lowest BCUT2D eigenvalue weighted by Crippen LogP contribution is -2.51. The second-order valence-corrected chi connectivity index (χ2v) is 10.1. The fourth-order valence-electron chi connectivity index (χ4n) is 5.15. The zero-order chi connectivity index (χ0) is 23.6. The first-order chi connectivity index (χ1) is 16.5. The van der Waals surface area contributed by atoms with Crippen molar-refractivity contribution < 1.29 is 9.13 Å². The number of nitrogen functional groups attached to an aromatic ring is 1. The van der Waals surface area contributed by atoms with Crippen molar-refractivity contribution in [1.82, 2.24) is 15.3 Å². The van der Waals surface area contributed by atoms with Gasteiger partial charge in [0.05, 0.1) is 22.9 Å². The van der Waals surface area contributed by atoms with Crippen LogP contribution in [0.25, 0.3) is 32.1 Å². The first kappa shape index (κ1) is 21.4. The van der Waals surface area contributed by atoms with Gasteiger partial charge in [-0.2, -0.15) is 15.2 Å². The van der Waals surface area contributed by atoms with Crippen LogP contribution in [-0.2, 0) is 0 Å². The van der Waals surface area contributed by atoms with Gasteiger partial charge in [-0.3, -0.25) is 0 Å². The van der Waals surface area contributed by atoms with Crippen LogP contribution in [0, 0.1) is 17.1 Å². The highest BCUT2D eigenvalue weighted by atomic mass is 35.5. The van der Waals surface area contributed by atoms with Gasteiger partial charge in [-0.1, -0.05) is 17.7 Å². The average molecular weight is 495 g/mol. The van der Waals surface area contributed by atoms with Crippen molar-refractivity contribution in [2.24, 2.45) is 0 Å². The Bertz CT molecular complexity index is 1500. The minimum atomic E-state index is -0.423. The summed E-state index contributed by atoms with van der Waals surface area (Å²) in [5.74, 6) is 0.365. The second kappa shape index (κ2) is 7.94. The predicted molar refractivity (Wildman–Crippen MR) is 133 cm³/mol. The van der Waals surface area contributed by atoms with Crippen molar-refractivity contribution in [3.8, 4) is 23.2 Å². The minimum Gasteiger partial charge on any atom is -0.467 e. The van der Waals surface area contributed by atoms with Crippen LogP contribution in [0.1, 0.15) is 18.4 Å². The number of piperazine rings is 1. The van der Waals surface area contributed by atoms with Gasteiger partial charge in [-0.15, -0.1) is 11.3 Å². The van der Waals surface area contributed by atoms with Crippen molar-refractivity contribution >= 4 is 54.7 Å². The molecule has 4 heterocycles. The molecular formula is C24H20ClFN6OS. The standard InChI is InChI=1S/C24H20ClFN6OS/c1-33-24-30-19-7-14(13-4-5-18(26)21-20(13)16(8-27)22(28)34-21)17(25)6-15(19)23(31-24)32-9-11-2-3-12(10-32)29-11/h4-7,11-12,29H,2-3,9-10,28H2,1H3. The van der Waals surface area contributed by atoms with E-state index >= 15 is 0 Å². The first-order valence-corrected chi connectivity index (χ1v) is 12.1. The number of thiophene rings is 1. The summed E-state index contributed by atoms with van der Waals surface area (Å²) in [6.07, 6.45) is 2.30. The number of benzene rings is 2. The lowest BCUT2D eigenvalue weighted by atomic mass is 9.97. The van der Waals surface area contributed by atoms with Crippen LogP contribution < -0.4 is 20.7 Å². The van der Waals surface area contributed by atoms with E-state index in [0.717, 1.165) is 48.5 Å². The molecule has 2 aliphatic rings. The van der Waals surface area contributed by atoms with Crippen LogP contribution in [0.15, 0.2) is 24.3 Å². The quantitative estimate of drug-likeness (QED) is 0.425. The van der Waals surface area contributed by atoms with E-state index in [4.69, 9.17) is 22.1 Å². The Labute approximate surface area is 203 Å². The molecule has 2 bridgehead atoms. The fourth-order valence-corrected chi connectivity index (χ4v) is 6.36. The molecule has 0 spiro atoms. The molecule has 4 aromatic rings. The van der Waals surface area contributed by atoms with Gasteiger partial charge in [0.1, 0.15) is 22.7 Å². The van der Waals surface area contributed by atoms with Crippen LogP contribution in [-0.4, -0.2) is 42.3 Å². The molecule has 2 saturated heterocycles. The average Bonchev–Trinajstić information content (AvgIpc) is 3.36. The summed E-state index contributed by atoms with van der Waals surface area (Å²) in [7, 11) is 1.54. The highest BCUT2D eigenvalue weighted by Gasteiger charge is 2.34. The fraction of sp³-hybridized carbons (Fsp3) is 0.292. The number of nitrogens with two attached hydrogens (primary N) is 1. The van der Waals surface area contributed by atoms with Crippen molar-refractivity contribution in [1.29, 1.82) is 5.26 Å². The van der Waals surface area contributed by atoms with Crippen LogP contribution in [0.4, 0.5) is 15.2 Å². The highest BCUT2D eigenvalue weighted by molar-refractivity contribution is 7.23. The zero-order valence-electron chi connectivity index (χ0n) is 18.2. The van der Waals surface area contributed by atoms with E-state index in [2.05, 4.69) is 26.3 Å². The maximum absolute atomic E-state index is 14.6. The van der Waals surface area contributed by atoms with E-state index in [9.17, 15) is 9.65 Å². The minimum absolute atomic E-state index is 0.253. The van der Waals surface area contributed by atoms with Gasteiger partial charge in [-0.25, -0.2) is 4.39 Å². The van der Waals surface area contributed by atoms with E-state index in [-0.39, 0.29) is 16.6 Å². The zero-order valence-corrected chi connectivity index (χ0v) is 19.8. The summed E-state index contributed by atoms with van der Waals surface area (Å²) in [4.78, 5) is 11.5. The highest BCUT2D eigenvalue weighted by Crippen LogP contribution is 2.44. The summed E-state index contributed by atoms with van der Waals surface area (Å²) in [5.41, 5.74) is 8.21. The van der Waals surface area contributed by atoms with Crippen LogP contribution in [0.5, 0.6) is 6.01 Å². The molecule has 172 valence electrons. The van der Waals surface area contributed by atoms with E-state index in [1.54, 1.807) is 13.2 Å². The molecule has 3 N–H and O–H groups in total. The molecule has 34 heavy (non-hydrogen) atoms. The Morgan fingerprint density at radius 2 is 2.00 bits per heavy atom. The number of nitrogens with zero attached hydrogens (tertiary/aromatic N) is 4. The number of nitriles is 1.